The number of ketones is 1. The van der Waals surface area contributed by atoms with Gasteiger partial charge in [-0.2, -0.15) is 5.26 Å². The Morgan fingerprint density at radius 2 is 2.04 bits per heavy atom. The molecule has 1 aromatic carbocycles. The summed E-state index contributed by atoms with van der Waals surface area (Å²) in [6, 6.07) is 11.5. The monoisotopic (exact) mass is 412 g/mol. The molecule has 0 amide bonds. The molecule has 1 aromatic heterocycles. The quantitative estimate of drug-likeness (QED) is 0.529. The lowest BCUT2D eigenvalue weighted by Crippen LogP contribution is -2.13. The van der Waals surface area contributed by atoms with Gasteiger partial charge in [0.05, 0.1) is 17.0 Å². The third-order valence-electron chi connectivity index (χ3n) is 4.76. The topological polar surface area (TPSA) is 55.0 Å². The van der Waals surface area contributed by atoms with E-state index >= 15 is 0 Å². The Hall–Kier alpha value is -2.16. The van der Waals surface area contributed by atoms with Gasteiger partial charge in [0.25, 0.3) is 0 Å². The maximum absolute atomic E-state index is 12.3. The van der Waals surface area contributed by atoms with Crippen LogP contribution in [0.2, 0.25) is 0 Å². The minimum Gasteiger partial charge on any atom is -0.381 e. The first-order valence-corrected chi connectivity index (χ1v) is 9.84. The Morgan fingerprint density at radius 1 is 1.35 bits per heavy atom. The van der Waals surface area contributed by atoms with Gasteiger partial charge < -0.3 is 9.30 Å². The Bertz CT molecular complexity index is 853. The van der Waals surface area contributed by atoms with E-state index in [2.05, 4.69) is 38.7 Å². The van der Waals surface area contributed by atoms with Crippen LogP contribution in [-0.4, -0.2) is 28.9 Å². The largest absolute Gasteiger partial charge is 0.381 e. The maximum atomic E-state index is 12.3. The van der Waals surface area contributed by atoms with Crippen LogP contribution in [0, 0.1) is 24.2 Å². The van der Waals surface area contributed by atoms with Crippen molar-refractivity contribution in [2.45, 2.75) is 19.8 Å². The van der Waals surface area contributed by atoms with Gasteiger partial charge in [-0.05, 0) is 62.1 Å². The summed E-state index contributed by atoms with van der Waals surface area (Å²) >= 11 is 3.27. The van der Waals surface area contributed by atoms with E-state index in [-0.39, 0.29) is 5.78 Å². The molecule has 1 aliphatic rings. The molecule has 2 aromatic rings. The number of rotatable bonds is 5. The van der Waals surface area contributed by atoms with Gasteiger partial charge in [-0.15, -0.1) is 0 Å². The van der Waals surface area contributed by atoms with Crippen molar-refractivity contribution in [1.82, 2.24) is 4.57 Å². The zero-order valence-corrected chi connectivity index (χ0v) is 16.3. The first-order valence-electron chi connectivity index (χ1n) is 8.72. The molecule has 0 N–H and O–H groups in total. The first kappa shape index (κ1) is 18.6. The Balaban J connectivity index is 2.01. The van der Waals surface area contributed by atoms with Gasteiger partial charge in [0.1, 0.15) is 0 Å². The molecule has 0 radical (unpaired) electrons. The van der Waals surface area contributed by atoms with Gasteiger partial charge in [-0.3, -0.25) is 4.79 Å². The second-order valence-corrected chi connectivity index (χ2v) is 6.99. The highest BCUT2D eigenvalue weighted by Gasteiger charge is 2.17. The molecule has 3 rings (SSSR count). The number of allylic oxidation sites excluding steroid dienone is 1. The van der Waals surface area contributed by atoms with Crippen molar-refractivity contribution in [2.24, 2.45) is 5.92 Å². The van der Waals surface area contributed by atoms with Crippen molar-refractivity contribution < 1.29 is 9.53 Å². The van der Waals surface area contributed by atoms with Gasteiger partial charge >= 0.3 is 0 Å². The third kappa shape index (κ3) is 3.98. The van der Waals surface area contributed by atoms with Gasteiger partial charge in [-0.1, -0.05) is 22.0 Å². The number of hydrogen-bond donors (Lipinski definition) is 0. The fraction of sp³-hybridized carbons (Fsp3) is 0.333. The molecule has 134 valence electrons. The van der Waals surface area contributed by atoms with Crippen LogP contribution >= 0.6 is 15.9 Å². The normalized spacial score (nSPS) is 15.3. The molecular weight excluding hydrogens is 392 g/mol. The molecule has 4 nitrogen and oxygen atoms in total. The zero-order valence-electron chi connectivity index (χ0n) is 14.7. The second-order valence-electron chi connectivity index (χ2n) is 6.43. The molecule has 26 heavy (non-hydrogen) atoms. The molecular formula is C21H21BrN2O2. The summed E-state index contributed by atoms with van der Waals surface area (Å²) in [6.07, 6.45) is 6.38. The lowest BCUT2D eigenvalue weighted by molar-refractivity contribution is 0.0787. The standard InChI is InChI=1S/C21H21BrN2O2/c1-15-20(21(25)13-22)12-19(7-2-16-8-10-26-11-9-16)24(15)18-5-3-17(14-23)4-6-18/h2-7,12,16H,8-11,13H2,1H3. The SMILES string of the molecule is Cc1c(C(=O)CBr)cc(C=CC2CCOCC2)n1-c1ccc(C#N)cc1. The maximum Gasteiger partial charge on any atom is 0.175 e. The van der Waals surface area contributed by atoms with Crippen LogP contribution in [0.3, 0.4) is 0 Å². The van der Waals surface area contributed by atoms with Gasteiger partial charge in [-0.25, -0.2) is 0 Å². The number of nitriles is 1. The van der Waals surface area contributed by atoms with Crippen LogP contribution < -0.4 is 0 Å². The smallest absolute Gasteiger partial charge is 0.175 e. The Kier molecular flexibility index (Phi) is 6.08. The number of carbonyl (C=O) groups excluding carboxylic acids is 1. The molecule has 0 spiro atoms. The van der Waals surface area contributed by atoms with E-state index < -0.39 is 0 Å². The van der Waals surface area contributed by atoms with Crippen LogP contribution in [0.1, 0.15) is 40.2 Å². The zero-order chi connectivity index (χ0) is 18.5. The van der Waals surface area contributed by atoms with Crippen molar-refractivity contribution in [1.29, 1.82) is 5.26 Å². The molecule has 0 aliphatic carbocycles. The average molecular weight is 413 g/mol. The van der Waals surface area contributed by atoms with E-state index in [4.69, 9.17) is 10.00 Å². The molecule has 1 saturated heterocycles. The van der Waals surface area contributed by atoms with E-state index in [0.717, 1.165) is 48.7 Å². The van der Waals surface area contributed by atoms with E-state index in [1.165, 1.54) is 0 Å². The number of Topliss-reactive ketones (excluding diaryl/α,β-unsaturated/α-hetero) is 1. The molecule has 2 heterocycles. The van der Waals surface area contributed by atoms with Crippen molar-refractivity contribution in [3.8, 4) is 11.8 Å². The summed E-state index contributed by atoms with van der Waals surface area (Å²) in [6.45, 7) is 3.57. The van der Waals surface area contributed by atoms with E-state index in [9.17, 15) is 4.79 Å². The van der Waals surface area contributed by atoms with Crippen LogP contribution in [0.15, 0.2) is 36.4 Å². The van der Waals surface area contributed by atoms with Gasteiger partial charge in [0.15, 0.2) is 5.78 Å². The predicted molar refractivity (Wildman–Crippen MR) is 106 cm³/mol. The Labute approximate surface area is 162 Å². The van der Waals surface area contributed by atoms with Crippen LogP contribution in [0.25, 0.3) is 11.8 Å². The number of hydrogen-bond acceptors (Lipinski definition) is 3. The highest BCUT2D eigenvalue weighted by Crippen LogP contribution is 2.25. The number of halogens is 1. The summed E-state index contributed by atoms with van der Waals surface area (Å²) < 4.78 is 7.50. The van der Waals surface area contributed by atoms with E-state index in [1.807, 2.05) is 25.1 Å². The molecule has 0 unspecified atom stereocenters. The second kappa shape index (κ2) is 8.48. The van der Waals surface area contributed by atoms with Crippen molar-refractivity contribution in [2.75, 3.05) is 18.5 Å². The van der Waals surface area contributed by atoms with Crippen molar-refractivity contribution in [3.05, 3.63) is 58.9 Å². The van der Waals surface area contributed by atoms with Crippen LogP contribution in [0.4, 0.5) is 0 Å². The fourth-order valence-electron chi connectivity index (χ4n) is 3.28. The minimum absolute atomic E-state index is 0.0654. The highest BCUT2D eigenvalue weighted by atomic mass is 79.9. The lowest BCUT2D eigenvalue weighted by Gasteiger charge is -2.18. The molecule has 5 heteroatoms. The number of alkyl halides is 1. The van der Waals surface area contributed by atoms with Crippen molar-refractivity contribution >= 4 is 27.8 Å². The minimum atomic E-state index is 0.0654. The molecule has 0 bridgehead atoms. The molecule has 0 saturated carbocycles. The predicted octanol–water partition coefficient (Wildman–Crippen LogP) is 4.67. The van der Waals surface area contributed by atoms with Gasteiger partial charge in [0.2, 0.25) is 0 Å². The number of ether oxygens (including phenoxy) is 1. The summed E-state index contributed by atoms with van der Waals surface area (Å²) in [7, 11) is 0. The first-order chi connectivity index (χ1) is 12.6. The number of benzene rings is 1. The van der Waals surface area contributed by atoms with E-state index in [1.54, 1.807) is 12.1 Å². The van der Waals surface area contributed by atoms with Crippen LogP contribution in [-0.2, 0) is 4.74 Å². The summed E-state index contributed by atoms with van der Waals surface area (Å²) in [5, 5.41) is 9.32. The number of aromatic nitrogens is 1. The lowest BCUT2D eigenvalue weighted by atomic mass is 9.99. The molecule has 0 atom stereocenters. The van der Waals surface area contributed by atoms with Crippen molar-refractivity contribution in [3.63, 3.8) is 0 Å². The average Bonchev–Trinajstić information content (AvgIpc) is 3.03. The summed E-state index contributed by atoms with van der Waals surface area (Å²) in [5.41, 5.74) is 4.17. The van der Waals surface area contributed by atoms with Gasteiger partial charge in [0, 0.05) is 35.9 Å². The highest BCUT2D eigenvalue weighted by molar-refractivity contribution is 9.09. The Morgan fingerprint density at radius 3 is 2.65 bits per heavy atom. The number of carbonyl (C=O) groups is 1. The third-order valence-corrected chi connectivity index (χ3v) is 5.27. The molecule has 1 aliphatic heterocycles. The summed E-state index contributed by atoms with van der Waals surface area (Å²) in [5.74, 6) is 0.569. The van der Waals surface area contributed by atoms with Crippen LogP contribution in [0.5, 0.6) is 0 Å². The molecule has 1 fully saturated rings. The van der Waals surface area contributed by atoms with E-state index in [0.29, 0.717) is 16.8 Å². The summed E-state index contributed by atoms with van der Waals surface area (Å²) in [4.78, 5) is 12.3. The number of nitrogens with zero attached hydrogens (tertiary/aromatic N) is 2. The fourth-order valence-corrected chi connectivity index (χ4v) is 3.58.